The van der Waals surface area contributed by atoms with Crippen molar-refractivity contribution in [3.63, 3.8) is 0 Å². The van der Waals surface area contributed by atoms with Gasteiger partial charge >= 0.3 is 0 Å². The summed E-state index contributed by atoms with van der Waals surface area (Å²) in [6.07, 6.45) is 3.54. The van der Waals surface area contributed by atoms with E-state index >= 15 is 0 Å². The van der Waals surface area contributed by atoms with E-state index in [1.54, 1.807) is 0 Å². The van der Waals surface area contributed by atoms with Crippen molar-refractivity contribution in [3.8, 4) is 0 Å². The third kappa shape index (κ3) is 11.1. The van der Waals surface area contributed by atoms with Crippen LogP contribution in [0.5, 0.6) is 0 Å². The maximum Gasteiger partial charge on any atom is 0 e. The Hall–Kier alpha value is 1.40. The molecule has 0 heterocycles. The molecule has 0 amide bonds. The predicted molar refractivity (Wildman–Crippen MR) is 36.8 cm³/mol. The van der Waals surface area contributed by atoms with Crippen molar-refractivity contribution in [2.24, 2.45) is 0 Å². The van der Waals surface area contributed by atoms with Crippen LogP contribution < -0.4 is 0 Å². The maximum atomic E-state index is 4.05. The maximum absolute atomic E-state index is 4.05. The molecule has 0 nitrogen and oxygen atoms in total. The van der Waals surface area contributed by atoms with Gasteiger partial charge in [0.1, 0.15) is 0 Å². The molecule has 0 aromatic carbocycles. The smallest absolute Gasteiger partial charge is 0 e. The summed E-state index contributed by atoms with van der Waals surface area (Å²) in [7, 11) is 0.819. The fourth-order valence-electron chi connectivity index (χ4n) is 0.204. The number of unbranched alkanes of at least 4 members (excludes halogenated alkanes) is 1. The van der Waals surface area contributed by atoms with Gasteiger partial charge in [0.05, 0.1) is 0 Å². The summed E-state index contributed by atoms with van der Waals surface area (Å²) in [6, 6.07) is 0. The second-order valence-corrected chi connectivity index (χ2v) is 2.88. The molecule has 0 bridgehead atoms. The molecule has 0 saturated heterocycles. The normalized spacial score (nSPS) is 9.43. The van der Waals surface area contributed by atoms with Gasteiger partial charge in [0, 0.05) is 19.5 Å². The minimum atomic E-state index is 0. The van der Waals surface area contributed by atoms with Crippen molar-refractivity contribution < 1.29 is 19.5 Å². The van der Waals surface area contributed by atoms with E-state index < -0.39 is 0 Å². The van der Waals surface area contributed by atoms with Crippen LogP contribution in [0.2, 0.25) is 0 Å². The van der Waals surface area contributed by atoms with Crippen molar-refractivity contribution in [2.75, 3.05) is 6.16 Å². The van der Waals surface area contributed by atoms with Crippen LogP contribution in [0.25, 0.3) is 0 Å². The summed E-state index contributed by atoms with van der Waals surface area (Å²) in [6.45, 7) is 3.69. The molecular weight excluding hydrogens is 176 g/mol. The molecule has 0 aromatic heterocycles. The Balaban J connectivity index is 0. The summed E-state index contributed by atoms with van der Waals surface area (Å²) in [5.74, 6) is 0. The van der Waals surface area contributed by atoms with Gasteiger partial charge in [-0.25, -0.2) is 0 Å². The van der Waals surface area contributed by atoms with Crippen LogP contribution in [0.15, 0.2) is 0 Å². The summed E-state index contributed by atoms with van der Waals surface area (Å²) < 4.78 is 0. The van der Waals surface area contributed by atoms with Gasteiger partial charge in [-0.15, -0.1) is 0 Å². The van der Waals surface area contributed by atoms with E-state index in [0.717, 1.165) is 14.2 Å². The Morgan fingerprint density at radius 2 is 2.14 bits per heavy atom. The van der Waals surface area contributed by atoms with Gasteiger partial charge < -0.3 is 0 Å². The number of rotatable bonds is 3. The Morgan fingerprint density at radius 1 is 1.57 bits per heavy atom. The molecule has 0 saturated carbocycles. The van der Waals surface area contributed by atoms with Gasteiger partial charge in [-0.3, -0.25) is 0 Å². The molecule has 0 aliphatic heterocycles. The van der Waals surface area contributed by atoms with E-state index in [-0.39, 0.29) is 19.5 Å². The molecule has 39 valence electrons. The molecule has 0 fully saturated rings. The second kappa shape index (κ2) is 10.4. The van der Waals surface area contributed by atoms with Crippen LogP contribution in [-0.2, 0) is 19.5 Å². The van der Waals surface area contributed by atoms with E-state index in [1.807, 2.05) is 0 Å². The molecule has 0 rings (SSSR count). The van der Waals surface area contributed by atoms with E-state index in [9.17, 15) is 0 Å². The molecule has 0 aliphatic carbocycles. The van der Waals surface area contributed by atoms with Crippen LogP contribution in [0, 0.1) is 6.92 Å². The van der Waals surface area contributed by atoms with Crippen molar-refractivity contribution in [1.82, 2.24) is 0 Å². The third-order valence-corrected chi connectivity index (χ3v) is 1.79. The number of thiol groups is 1. The SMILES string of the molecule is [CH2]CCCPS.[Zn]. The zero-order chi connectivity index (χ0) is 4.83. The van der Waals surface area contributed by atoms with Gasteiger partial charge in [0.15, 0.2) is 0 Å². The van der Waals surface area contributed by atoms with E-state index in [4.69, 9.17) is 0 Å². The molecule has 1 unspecified atom stereocenters. The molecule has 0 aliphatic rings. The predicted octanol–water partition coefficient (Wildman–Crippen LogP) is 2.12. The van der Waals surface area contributed by atoms with Gasteiger partial charge in [-0.2, -0.15) is 12.2 Å². The van der Waals surface area contributed by atoms with Crippen molar-refractivity contribution >= 4 is 20.0 Å². The first-order chi connectivity index (χ1) is 2.91. The molecular formula is C4H10PSZn. The molecule has 1 radical (unpaired) electrons. The van der Waals surface area contributed by atoms with Crippen molar-refractivity contribution in [1.29, 1.82) is 0 Å². The van der Waals surface area contributed by atoms with Gasteiger partial charge in [-0.1, -0.05) is 21.1 Å². The molecule has 1 atom stereocenters. The largest absolute Gasteiger partial charge is 0.155 e. The molecule has 0 aromatic rings. The molecule has 0 spiro atoms. The number of hydrogen-bond acceptors (Lipinski definition) is 1. The van der Waals surface area contributed by atoms with Gasteiger partial charge in [0.25, 0.3) is 0 Å². The monoisotopic (exact) mass is 185 g/mol. The minimum Gasteiger partial charge on any atom is -0.155 e. The van der Waals surface area contributed by atoms with Gasteiger partial charge in [-0.05, 0) is 12.6 Å². The van der Waals surface area contributed by atoms with Crippen molar-refractivity contribution in [2.45, 2.75) is 12.8 Å². The molecule has 3 heteroatoms. The van der Waals surface area contributed by atoms with Crippen LogP contribution in [0.4, 0.5) is 0 Å². The first-order valence-electron chi connectivity index (χ1n) is 2.08. The van der Waals surface area contributed by atoms with E-state index in [1.165, 1.54) is 12.6 Å². The van der Waals surface area contributed by atoms with E-state index in [2.05, 4.69) is 19.2 Å². The van der Waals surface area contributed by atoms with Crippen LogP contribution in [0.1, 0.15) is 12.8 Å². The Kier molecular flexibility index (Phi) is 16.7. The average molecular weight is 187 g/mol. The van der Waals surface area contributed by atoms with Crippen molar-refractivity contribution in [3.05, 3.63) is 6.92 Å². The van der Waals surface area contributed by atoms with Gasteiger partial charge in [0.2, 0.25) is 0 Å². The molecule has 7 heavy (non-hydrogen) atoms. The first kappa shape index (κ1) is 11.2. The summed E-state index contributed by atoms with van der Waals surface area (Å²) >= 11 is 4.05. The zero-order valence-corrected chi connectivity index (χ0v) is 9.34. The van der Waals surface area contributed by atoms with E-state index in [0.29, 0.717) is 0 Å². The van der Waals surface area contributed by atoms with Crippen LogP contribution >= 0.6 is 20.0 Å². The minimum absolute atomic E-state index is 0. The standard InChI is InChI=1S/C4H10PS.Zn/c1-2-3-4-5-6;/h5-6H,1-4H2;. The summed E-state index contributed by atoms with van der Waals surface area (Å²) in [5, 5.41) is 0. The first-order valence-corrected chi connectivity index (χ1v) is 4.57. The number of hydrogen-bond donors (Lipinski definition) is 1. The fraction of sp³-hybridized carbons (Fsp3) is 0.750. The second-order valence-electron chi connectivity index (χ2n) is 1.12. The zero-order valence-electron chi connectivity index (χ0n) is 4.48. The average Bonchev–Trinajstić information content (AvgIpc) is 1.61. The third-order valence-electron chi connectivity index (χ3n) is 0.539. The quantitative estimate of drug-likeness (QED) is 0.297. The summed E-state index contributed by atoms with van der Waals surface area (Å²) in [4.78, 5) is 0. The van der Waals surface area contributed by atoms with Crippen LogP contribution in [0.3, 0.4) is 0 Å². The topological polar surface area (TPSA) is 0 Å². The summed E-state index contributed by atoms with van der Waals surface area (Å²) in [5.41, 5.74) is 0. The Labute approximate surface area is 65.5 Å². The molecule has 0 N–H and O–H groups in total. The Morgan fingerprint density at radius 3 is 2.29 bits per heavy atom. The Bertz CT molecular complexity index is 23.7. The fourth-order valence-corrected chi connectivity index (χ4v) is 1.09. The van der Waals surface area contributed by atoms with Crippen LogP contribution in [-0.4, -0.2) is 6.16 Å².